The predicted octanol–water partition coefficient (Wildman–Crippen LogP) is 4.33. The summed E-state index contributed by atoms with van der Waals surface area (Å²) in [4.78, 5) is 4.39. The van der Waals surface area contributed by atoms with Crippen LogP contribution in [0.1, 0.15) is 31.7 Å². The van der Waals surface area contributed by atoms with Crippen LogP contribution in [0, 0.1) is 0 Å². The smallest absolute Gasteiger partial charge is 0.224 e. The molecule has 0 spiro atoms. The molecular formula is C14H17NOS. The molecule has 0 amide bonds. The van der Waals surface area contributed by atoms with Crippen molar-refractivity contribution in [1.82, 2.24) is 4.98 Å². The summed E-state index contributed by atoms with van der Waals surface area (Å²) in [6.07, 6.45) is 1.17. The molecule has 0 saturated heterocycles. The molecule has 0 aliphatic carbocycles. The van der Waals surface area contributed by atoms with Gasteiger partial charge in [0.2, 0.25) is 5.88 Å². The van der Waals surface area contributed by atoms with Gasteiger partial charge in [-0.2, -0.15) is 0 Å². The largest absolute Gasteiger partial charge is 0.480 e. The summed E-state index contributed by atoms with van der Waals surface area (Å²) in [5.74, 6) is 1.31. The lowest BCUT2D eigenvalue weighted by Crippen LogP contribution is -1.90. The van der Waals surface area contributed by atoms with E-state index in [0.717, 1.165) is 10.6 Å². The fraction of sp³-hybridized carbons (Fsp3) is 0.357. The number of methoxy groups -OCH3 is 1. The molecule has 1 heterocycles. The van der Waals surface area contributed by atoms with Crippen LogP contribution in [0.2, 0.25) is 0 Å². The normalized spacial score (nSPS) is 12.4. The zero-order chi connectivity index (χ0) is 12.3. The van der Waals surface area contributed by atoms with Gasteiger partial charge in [0.25, 0.3) is 0 Å². The van der Waals surface area contributed by atoms with Gasteiger partial charge in [0.1, 0.15) is 5.01 Å². The van der Waals surface area contributed by atoms with E-state index in [1.807, 2.05) is 5.38 Å². The molecule has 1 aromatic carbocycles. The Bertz CT molecular complexity index is 475. The van der Waals surface area contributed by atoms with Crippen molar-refractivity contribution in [3.8, 4) is 16.5 Å². The molecular weight excluding hydrogens is 230 g/mol. The second kappa shape index (κ2) is 5.32. The lowest BCUT2D eigenvalue weighted by Gasteiger charge is -2.08. The van der Waals surface area contributed by atoms with Crippen LogP contribution in [0.4, 0.5) is 0 Å². The van der Waals surface area contributed by atoms with Crippen LogP contribution >= 0.6 is 11.3 Å². The molecule has 1 atom stereocenters. The van der Waals surface area contributed by atoms with Gasteiger partial charge in [-0.25, -0.2) is 4.98 Å². The first kappa shape index (κ1) is 12.1. The molecule has 3 heteroatoms. The van der Waals surface area contributed by atoms with Crippen molar-refractivity contribution in [2.75, 3.05) is 7.11 Å². The predicted molar refractivity (Wildman–Crippen MR) is 72.8 cm³/mol. The molecule has 0 bridgehead atoms. The Hall–Kier alpha value is -1.35. The number of aromatic nitrogens is 1. The topological polar surface area (TPSA) is 22.1 Å². The summed E-state index contributed by atoms with van der Waals surface area (Å²) in [5.41, 5.74) is 2.55. The molecule has 0 N–H and O–H groups in total. The van der Waals surface area contributed by atoms with Gasteiger partial charge in [-0.15, -0.1) is 11.3 Å². The molecule has 0 fully saturated rings. The van der Waals surface area contributed by atoms with Crippen LogP contribution in [0.3, 0.4) is 0 Å². The average Bonchev–Trinajstić information content (AvgIpc) is 2.87. The van der Waals surface area contributed by atoms with E-state index in [1.165, 1.54) is 12.0 Å². The minimum atomic E-state index is 0.620. The van der Waals surface area contributed by atoms with Gasteiger partial charge in [0, 0.05) is 5.56 Å². The Balaban J connectivity index is 2.22. The highest BCUT2D eigenvalue weighted by Crippen LogP contribution is 2.28. The van der Waals surface area contributed by atoms with Crippen LogP contribution in [0.25, 0.3) is 10.6 Å². The van der Waals surface area contributed by atoms with Crippen molar-refractivity contribution in [2.24, 2.45) is 0 Å². The molecule has 0 radical (unpaired) electrons. The zero-order valence-electron chi connectivity index (χ0n) is 10.4. The quantitative estimate of drug-likeness (QED) is 0.802. The van der Waals surface area contributed by atoms with E-state index in [0.29, 0.717) is 11.8 Å². The minimum absolute atomic E-state index is 0.620. The Morgan fingerprint density at radius 1 is 1.29 bits per heavy atom. The maximum atomic E-state index is 5.09. The zero-order valence-corrected chi connectivity index (χ0v) is 11.3. The molecule has 1 unspecified atom stereocenters. The highest BCUT2D eigenvalue weighted by Gasteiger charge is 2.06. The number of benzene rings is 1. The summed E-state index contributed by atoms with van der Waals surface area (Å²) >= 11 is 1.61. The highest BCUT2D eigenvalue weighted by molar-refractivity contribution is 7.13. The van der Waals surface area contributed by atoms with Gasteiger partial charge in [0.05, 0.1) is 12.5 Å². The first-order chi connectivity index (χ1) is 8.24. The maximum Gasteiger partial charge on any atom is 0.224 e. The van der Waals surface area contributed by atoms with Gasteiger partial charge in [-0.1, -0.05) is 38.1 Å². The first-order valence-corrected chi connectivity index (χ1v) is 6.72. The van der Waals surface area contributed by atoms with Gasteiger partial charge < -0.3 is 4.74 Å². The monoisotopic (exact) mass is 247 g/mol. The fourth-order valence-electron chi connectivity index (χ4n) is 1.68. The van der Waals surface area contributed by atoms with E-state index in [2.05, 4.69) is 43.1 Å². The third kappa shape index (κ3) is 2.67. The number of ether oxygens (including phenoxy) is 1. The summed E-state index contributed by atoms with van der Waals surface area (Å²) < 4.78 is 5.09. The average molecular weight is 247 g/mol. The van der Waals surface area contributed by atoms with Crippen molar-refractivity contribution in [1.29, 1.82) is 0 Å². The van der Waals surface area contributed by atoms with Crippen LogP contribution in [-0.4, -0.2) is 12.1 Å². The van der Waals surface area contributed by atoms with Crippen molar-refractivity contribution in [3.05, 3.63) is 35.2 Å². The second-order valence-electron chi connectivity index (χ2n) is 4.13. The third-order valence-electron chi connectivity index (χ3n) is 3.03. The van der Waals surface area contributed by atoms with Crippen LogP contribution < -0.4 is 4.74 Å². The fourth-order valence-corrected chi connectivity index (χ4v) is 2.45. The Kier molecular flexibility index (Phi) is 3.79. The number of hydrogen-bond acceptors (Lipinski definition) is 3. The van der Waals surface area contributed by atoms with Crippen molar-refractivity contribution < 1.29 is 4.74 Å². The van der Waals surface area contributed by atoms with E-state index in [1.54, 1.807) is 18.4 Å². The molecule has 1 aromatic heterocycles. The molecule has 90 valence electrons. The molecule has 0 saturated carbocycles. The van der Waals surface area contributed by atoms with Crippen LogP contribution in [0.15, 0.2) is 29.6 Å². The standard InChI is InChI=1S/C14H17NOS/c1-4-10(2)11-5-7-12(8-6-11)14-15-13(16-3)9-17-14/h5-10H,4H2,1-3H3. The van der Waals surface area contributed by atoms with E-state index in [-0.39, 0.29) is 0 Å². The molecule has 17 heavy (non-hydrogen) atoms. The maximum absolute atomic E-state index is 5.09. The number of nitrogens with zero attached hydrogens (tertiary/aromatic N) is 1. The summed E-state index contributed by atoms with van der Waals surface area (Å²) in [6.45, 7) is 4.46. The molecule has 2 aromatic rings. The Morgan fingerprint density at radius 2 is 2.00 bits per heavy atom. The highest BCUT2D eigenvalue weighted by atomic mass is 32.1. The van der Waals surface area contributed by atoms with Crippen molar-refractivity contribution in [3.63, 3.8) is 0 Å². The lowest BCUT2D eigenvalue weighted by atomic mass is 9.98. The van der Waals surface area contributed by atoms with E-state index >= 15 is 0 Å². The van der Waals surface area contributed by atoms with Gasteiger partial charge in [-0.05, 0) is 17.9 Å². The van der Waals surface area contributed by atoms with E-state index in [9.17, 15) is 0 Å². The lowest BCUT2D eigenvalue weighted by molar-refractivity contribution is 0.401. The van der Waals surface area contributed by atoms with Gasteiger partial charge >= 0.3 is 0 Å². The molecule has 2 rings (SSSR count). The van der Waals surface area contributed by atoms with E-state index in [4.69, 9.17) is 4.74 Å². The number of thiazole rings is 1. The summed E-state index contributed by atoms with van der Waals surface area (Å²) in [5, 5.41) is 2.94. The molecule has 2 nitrogen and oxygen atoms in total. The third-order valence-corrected chi connectivity index (χ3v) is 3.90. The first-order valence-electron chi connectivity index (χ1n) is 5.84. The Morgan fingerprint density at radius 3 is 2.53 bits per heavy atom. The van der Waals surface area contributed by atoms with Gasteiger partial charge in [-0.3, -0.25) is 0 Å². The number of hydrogen-bond donors (Lipinski definition) is 0. The van der Waals surface area contributed by atoms with Crippen molar-refractivity contribution >= 4 is 11.3 Å². The van der Waals surface area contributed by atoms with Crippen molar-refractivity contribution in [2.45, 2.75) is 26.2 Å². The SMILES string of the molecule is CCC(C)c1ccc(-c2nc(OC)cs2)cc1. The Labute approximate surface area is 106 Å². The summed E-state index contributed by atoms with van der Waals surface area (Å²) in [6, 6.07) is 8.66. The summed E-state index contributed by atoms with van der Waals surface area (Å²) in [7, 11) is 1.64. The van der Waals surface area contributed by atoms with Gasteiger partial charge in [0.15, 0.2) is 0 Å². The van der Waals surface area contributed by atoms with Crippen LogP contribution in [-0.2, 0) is 0 Å². The van der Waals surface area contributed by atoms with E-state index < -0.39 is 0 Å². The second-order valence-corrected chi connectivity index (χ2v) is 4.98. The molecule has 0 aliphatic heterocycles. The molecule has 0 aliphatic rings. The minimum Gasteiger partial charge on any atom is -0.480 e. The van der Waals surface area contributed by atoms with Crippen LogP contribution in [0.5, 0.6) is 5.88 Å². The number of rotatable bonds is 4.